The lowest BCUT2D eigenvalue weighted by Crippen LogP contribution is -2.37. The molecule has 1 aromatic carbocycles. The summed E-state index contributed by atoms with van der Waals surface area (Å²) in [5, 5.41) is 3.62. The number of alkyl halides is 1. The second-order valence-corrected chi connectivity index (χ2v) is 5.99. The van der Waals surface area contributed by atoms with Gasteiger partial charge in [-0.05, 0) is 36.3 Å². The van der Waals surface area contributed by atoms with Crippen molar-refractivity contribution in [1.29, 1.82) is 0 Å². The Bertz CT molecular complexity index is 369. The minimum Gasteiger partial charge on any atom is -0.312 e. The van der Waals surface area contributed by atoms with Crippen LogP contribution in [-0.4, -0.2) is 12.4 Å². The molecule has 0 bridgehead atoms. The summed E-state index contributed by atoms with van der Waals surface area (Å²) in [6, 6.07) is 8.59. The van der Waals surface area contributed by atoms with Crippen molar-refractivity contribution in [2.45, 2.75) is 45.6 Å². The van der Waals surface area contributed by atoms with Crippen molar-refractivity contribution in [2.24, 2.45) is 5.41 Å². The summed E-state index contributed by atoms with van der Waals surface area (Å²) in [6.07, 6.45) is 6.66. The van der Waals surface area contributed by atoms with Crippen molar-refractivity contribution in [1.82, 2.24) is 5.32 Å². The summed E-state index contributed by atoms with van der Waals surface area (Å²) >= 11 is 6.21. The quantitative estimate of drug-likeness (QED) is 0.784. The van der Waals surface area contributed by atoms with E-state index in [0.29, 0.717) is 5.41 Å². The number of hydrogen-bond acceptors (Lipinski definition) is 1. The molecule has 0 unspecified atom stereocenters. The molecule has 1 N–H and O–H groups in total. The van der Waals surface area contributed by atoms with Gasteiger partial charge in [-0.3, -0.25) is 0 Å². The zero-order valence-electron chi connectivity index (χ0n) is 11.3. The number of aryl methyl sites for hydroxylation is 1. The summed E-state index contributed by atoms with van der Waals surface area (Å²) < 4.78 is 0. The molecule has 100 valence electrons. The van der Waals surface area contributed by atoms with Crippen LogP contribution in [0.3, 0.4) is 0 Å². The van der Waals surface area contributed by atoms with Crippen LogP contribution in [0.1, 0.15) is 43.2 Å². The van der Waals surface area contributed by atoms with Crippen molar-refractivity contribution in [3.63, 3.8) is 0 Å². The van der Waals surface area contributed by atoms with Crippen LogP contribution < -0.4 is 5.32 Å². The minimum absolute atomic E-state index is 0.350. The van der Waals surface area contributed by atoms with Gasteiger partial charge in [0.2, 0.25) is 0 Å². The second-order valence-electron chi connectivity index (χ2n) is 5.72. The molecule has 1 nitrogen and oxygen atoms in total. The van der Waals surface area contributed by atoms with Crippen LogP contribution in [0.25, 0.3) is 0 Å². The maximum absolute atomic E-state index is 6.21. The van der Waals surface area contributed by atoms with Gasteiger partial charge in [0, 0.05) is 19.0 Å². The average molecular weight is 266 g/mol. The summed E-state index contributed by atoms with van der Waals surface area (Å²) in [4.78, 5) is 0. The van der Waals surface area contributed by atoms with Crippen molar-refractivity contribution in [2.75, 3.05) is 12.4 Å². The van der Waals surface area contributed by atoms with E-state index in [0.717, 1.165) is 19.0 Å². The molecule has 1 aliphatic carbocycles. The van der Waals surface area contributed by atoms with Crippen LogP contribution in [0.15, 0.2) is 24.3 Å². The lowest BCUT2D eigenvalue weighted by molar-refractivity contribution is 0.212. The van der Waals surface area contributed by atoms with Gasteiger partial charge in [0.05, 0.1) is 0 Å². The predicted octanol–water partition coefficient (Wildman–Crippen LogP) is 4.27. The van der Waals surface area contributed by atoms with E-state index in [1.54, 1.807) is 0 Å². The van der Waals surface area contributed by atoms with Gasteiger partial charge >= 0.3 is 0 Å². The molecule has 0 amide bonds. The summed E-state index contributed by atoms with van der Waals surface area (Å²) in [7, 11) is 0. The number of benzene rings is 1. The third-order valence-electron chi connectivity index (χ3n) is 4.27. The molecule has 0 saturated heterocycles. The first kappa shape index (κ1) is 13.9. The first-order valence-electron chi connectivity index (χ1n) is 7.07. The minimum atomic E-state index is 0.350. The van der Waals surface area contributed by atoms with E-state index in [4.69, 9.17) is 11.6 Å². The molecular weight excluding hydrogens is 242 g/mol. The van der Waals surface area contributed by atoms with Gasteiger partial charge in [0.15, 0.2) is 0 Å². The molecule has 2 heteroatoms. The van der Waals surface area contributed by atoms with E-state index < -0.39 is 0 Å². The molecule has 0 spiro atoms. The molecule has 0 aliphatic heterocycles. The molecule has 0 heterocycles. The molecule has 0 radical (unpaired) electrons. The number of hydrogen-bond donors (Lipinski definition) is 1. The highest BCUT2D eigenvalue weighted by Gasteiger charge is 2.30. The van der Waals surface area contributed by atoms with Crippen LogP contribution >= 0.6 is 11.6 Å². The SMILES string of the molecule is Cc1ccccc1CNCC1(CCl)CCCCC1. The Kier molecular flexibility index (Phi) is 5.08. The highest BCUT2D eigenvalue weighted by molar-refractivity contribution is 6.18. The normalized spacial score (nSPS) is 18.8. The van der Waals surface area contributed by atoms with Gasteiger partial charge in [-0.2, -0.15) is 0 Å². The third-order valence-corrected chi connectivity index (χ3v) is 4.84. The standard InChI is InChI=1S/C16H24ClN/c1-14-7-3-4-8-15(14)11-18-13-16(12-17)9-5-2-6-10-16/h3-4,7-8,18H,2,5-6,9-13H2,1H3. The van der Waals surface area contributed by atoms with Crippen molar-refractivity contribution in [3.05, 3.63) is 35.4 Å². The molecule has 2 rings (SSSR count). The summed E-state index contributed by atoms with van der Waals surface area (Å²) in [5.41, 5.74) is 3.12. The Morgan fingerprint density at radius 2 is 1.89 bits per heavy atom. The van der Waals surface area contributed by atoms with Crippen LogP contribution in [0.2, 0.25) is 0 Å². The second kappa shape index (κ2) is 6.58. The Morgan fingerprint density at radius 3 is 2.56 bits per heavy atom. The van der Waals surface area contributed by atoms with E-state index in [1.165, 1.54) is 43.2 Å². The first-order valence-corrected chi connectivity index (χ1v) is 7.60. The lowest BCUT2D eigenvalue weighted by Gasteiger charge is -2.35. The van der Waals surface area contributed by atoms with Crippen LogP contribution in [0.5, 0.6) is 0 Å². The highest BCUT2D eigenvalue weighted by Crippen LogP contribution is 2.36. The monoisotopic (exact) mass is 265 g/mol. The first-order chi connectivity index (χ1) is 8.76. The van der Waals surface area contributed by atoms with Crippen LogP contribution in [0, 0.1) is 12.3 Å². The predicted molar refractivity (Wildman–Crippen MR) is 79.1 cm³/mol. The van der Waals surface area contributed by atoms with E-state index in [1.807, 2.05) is 0 Å². The van der Waals surface area contributed by atoms with Gasteiger partial charge in [-0.15, -0.1) is 11.6 Å². The van der Waals surface area contributed by atoms with E-state index in [2.05, 4.69) is 36.5 Å². The Morgan fingerprint density at radius 1 is 1.17 bits per heavy atom. The number of rotatable bonds is 5. The molecule has 0 aromatic heterocycles. The van der Waals surface area contributed by atoms with Gasteiger partial charge < -0.3 is 5.32 Å². The van der Waals surface area contributed by atoms with Crippen molar-refractivity contribution < 1.29 is 0 Å². The smallest absolute Gasteiger partial charge is 0.0292 e. The zero-order chi connectivity index (χ0) is 12.8. The molecule has 0 atom stereocenters. The molecular formula is C16H24ClN. The largest absolute Gasteiger partial charge is 0.312 e. The average Bonchev–Trinajstić information content (AvgIpc) is 2.42. The molecule has 18 heavy (non-hydrogen) atoms. The maximum atomic E-state index is 6.21. The highest BCUT2D eigenvalue weighted by atomic mass is 35.5. The van der Waals surface area contributed by atoms with Gasteiger partial charge in [0.25, 0.3) is 0 Å². The molecule has 1 fully saturated rings. The fourth-order valence-electron chi connectivity index (χ4n) is 2.93. The van der Waals surface area contributed by atoms with Crippen LogP contribution in [0.4, 0.5) is 0 Å². The topological polar surface area (TPSA) is 12.0 Å². The Labute approximate surface area is 116 Å². The Hall–Kier alpha value is -0.530. The number of halogens is 1. The fourth-order valence-corrected chi connectivity index (χ4v) is 3.29. The summed E-state index contributed by atoms with van der Waals surface area (Å²) in [5.74, 6) is 0.799. The summed E-state index contributed by atoms with van der Waals surface area (Å²) in [6.45, 7) is 4.20. The van der Waals surface area contributed by atoms with Crippen LogP contribution in [-0.2, 0) is 6.54 Å². The fraction of sp³-hybridized carbons (Fsp3) is 0.625. The van der Waals surface area contributed by atoms with Gasteiger partial charge in [-0.25, -0.2) is 0 Å². The lowest BCUT2D eigenvalue weighted by atomic mass is 9.75. The molecule has 1 aliphatic rings. The third kappa shape index (κ3) is 3.49. The zero-order valence-corrected chi connectivity index (χ0v) is 12.1. The Balaban J connectivity index is 1.85. The van der Waals surface area contributed by atoms with E-state index in [9.17, 15) is 0 Å². The van der Waals surface area contributed by atoms with Crippen molar-refractivity contribution in [3.8, 4) is 0 Å². The maximum Gasteiger partial charge on any atom is 0.0292 e. The van der Waals surface area contributed by atoms with Gasteiger partial charge in [0.1, 0.15) is 0 Å². The van der Waals surface area contributed by atoms with Crippen molar-refractivity contribution >= 4 is 11.6 Å². The number of nitrogens with one attached hydrogen (secondary N) is 1. The van der Waals surface area contributed by atoms with Gasteiger partial charge in [-0.1, -0.05) is 43.5 Å². The van der Waals surface area contributed by atoms with E-state index >= 15 is 0 Å². The molecule has 1 saturated carbocycles. The molecule has 1 aromatic rings. The van der Waals surface area contributed by atoms with E-state index in [-0.39, 0.29) is 0 Å².